The number of aromatic nitrogens is 5. The molecule has 7 nitrogen and oxygen atoms in total. The number of aryl methyl sites for hydroxylation is 1. The number of hydrogen-bond donors (Lipinski definition) is 0. The zero-order valence-electron chi connectivity index (χ0n) is 15.1. The van der Waals surface area contributed by atoms with Gasteiger partial charge in [-0.1, -0.05) is 6.07 Å². The lowest BCUT2D eigenvalue weighted by Gasteiger charge is -2.31. The lowest BCUT2D eigenvalue weighted by atomic mass is 10.1. The smallest absolute Gasteiger partial charge is 0.278 e. The van der Waals surface area contributed by atoms with Gasteiger partial charge in [-0.25, -0.2) is 9.97 Å². The van der Waals surface area contributed by atoms with Crippen molar-refractivity contribution in [2.45, 2.75) is 19.9 Å². The van der Waals surface area contributed by atoms with Crippen molar-refractivity contribution in [2.75, 3.05) is 11.4 Å². The van der Waals surface area contributed by atoms with Gasteiger partial charge in [-0.05, 0) is 37.6 Å². The van der Waals surface area contributed by atoms with E-state index in [0.717, 1.165) is 22.3 Å². The van der Waals surface area contributed by atoms with Crippen molar-refractivity contribution in [3.8, 4) is 11.1 Å². The standard InChI is InChI=1S/C20H18N6O/c1-13-3-5-18(22-9-13)25-11-14(2)26-19(20(25)27)16(10-23-26)15-4-6-17-21-7-8-24(17)12-15/h3-10,12,14H,11H2,1-2H3/t14-/m0/s1. The maximum atomic E-state index is 13.3. The van der Waals surface area contributed by atoms with E-state index < -0.39 is 0 Å². The number of carbonyl (C=O) groups is 1. The zero-order valence-corrected chi connectivity index (χ0v) is 15.1. The van der Waals surface area contributed by atoms with Gasteiger partial charge in [0.05, 0.1) is 12.2 Å². The summed E-state index contributed by atoms with van der Waals surface area (Å²) in [7, 11) is 0. The fourth-order valence-corrected chi connectivity index (χ4v) is 3.57. The van der Waals surface area contributed by atoms with Crippen molar-refractivity contribution in [1.29, 1.82) is 0 Å². The van der Waals surface area contributed by atoms with Crippen molar-refractivity contribution in [3.63, 3.8) is 0 Å². The van der Waals surface area contributed by atoms with Crippen LogP contribution in [0.1, 0.15) is 29.0 Å². The predicted octanol–water partition coefficient (Wildman–Crippen LogP) is 3.12. The van der Waals surface area contributed by atoms with Gasteiger partial charge in [0, 0.05) is 42.5 Å². The average Bonchev–Trinajstić information content (AvgIpc) is 3.32. The number of hydrogen-bond acceptors (Lipinski definition) is 4. The minimum absolute atomic E-state index is 0.0616. The first kappa shape index (κ1) is 15.7. The molecule has 0 saturated heterocycles. The first-order chi connectivity index (χ1) is 13.1. The summed E-state index contributed by atoms with van der Waals surface area (Å²) in [5.74, 6) is 0.587. The Hall–Kier alpha value is -3.48. The molecule has 1 aliphatic rings. The Kier molecular flexibility index (Phi) is 3.36. The third-order valence-electron chi connectivity index (χ3n) is 4.98. The van der Waals surface area contributed by atoms with Crippen LogP contribution in [0, 0.1) is 6.92 Å². The van der Waals surface area contributed by atoms with E-state index in [1.807, 2.05) is 52.7 Å². The molecule has 0 fully saturated rings. The summed E-state index contributed by atoms with van der Waals surface area (Å²) in [6.07, 6.45) is 9.18. The van der Waals surface area contributed by atoms with E-state index in [-0.39, 0.29) is 11.9 Å². The quantitative estimate of drug-likeness (QED) is 0.552. The molecule has 0 spiro atoms. The number of rotatable bonds is 2. The molecule has 0 unspecified atom stereocenters. The van der Waals surface area contributed by atoms with E-state index in [2.05, 4.69) is 22.0 Å². The van der Waals surface area contributed by atoms with E-state index in [0.29, 0.717) is 18.1 Å². The maximum absolute atomic E-state index is 13.3. The zero-order chi connectivity index (χ0) is 18.5. The highest BCUT2D eigenvalue weighted by Crippen LogP contribution is 2.32. The topological polar surface area (TPSA) is 68.3 Å². The molecule has 5 rings (SSSR count). The van der Waals surface area contributed by atoms with Crippen LogP contribution in [-0.4, -0.2) is 36.6 Å². The number of anilines is 1. The van der Waals surface area contributed by atoms with E-state index in [1.165, 1.54) is 0 Å². The summed E-state index contributed by atoms with van der Waals surface area (Å²) >= 11 is 0. The molecule has 1 atom stereocenters. The second kappa shape index (κ2) is 5.77. The predicted molar refractivity (Wildman–Crippen MR) is 102 cm³/mol. The fourth-order valence-electron chi connectivity index (χ4n) is 3.57. The molecule has 27 heavy (non-hydrogen) atoms. The van der Waals surface area contributed by atoms with Crippen LogP contribution in [0.25, 0.3) is 16.8 Å². The molecular formula is C20H18N6O. The largest absolute Gasteiger partial charge is 0.306 e. The normalized spacial score (nSPS) is 16.7. The van der Waals surface area contributed by atoms with E-state index in [4.69, 9.17) is 0 Å². The molecule has 134 valence electrons. The molecule has 0 saturated carbocycles. The van der Waals surface area contributed by atoms with Gasteiger partial charge in [0.15, 0.2) is 0 Å². The first-order valence-corrected chi connectivity index (χ1v) is 8.87. The number of carbonyl (C=O) groups excluding carboxylic acids is 1. The average molecular weight is 358 g/mol. The Balaban J connectivity index is 1.62. The Morgan fingerprint density at radius 2 is 2.00 bits per heavy atom. The lowest BCUT2D eigenvalue weighted by molar-refractivity contribution is 0.0953. The highest BCUT2D eigenvalue weighted by molar-refractivity contribution is 6.09. The summed E-state index contributed by atoms with van der Waals surface area (Å²) < 4.78 is 3.76. The molecule has 1 amide bonds. The van der Waals surface area contributed by atoms with E-state index in [9.17, 15) is 4.79 Å². The van der Waals surface area contributed by atoms with Crippen molar-refractivity contribution < 1.29 is 4.79 Å². The van der Waals surface area contributed by atoms with Crippen LogP contribution in [0.3, 0.4) is 0 Å². The number of imidazole rings is 1. The van der Waals surface area contributed by atoms with Crippen LogP contribution in [0.5, 0.6) is 0 Å². The third-order valence-corrected chi connectivity index (χ3v) is 4.98. The van der Waals surface area contributed by atoms with Gasteiger partial charge in [0.25, 0.3) is 5.91 Å². The SMILES string of the molecule is Cc1ccc(N2C[C@H](C)n3ncc(-c4ccc5nccn5c4)c3C2=O)nc1. The highest BCUT2D eigenvalue weighted by atomic mass is 16.2. The van der Waals surface area contributed by atoms with Crippen LogP contribution < -0.4 is 4.90 Å². The molecule has 7 heteroatoms. The molecule has 1 aliphatic heterocycles. The van der Waals surface area contributed by atoms with Crippen LogP contribution in [-0.2, 0) is 0 Å². The van der Waals surface area contributed by atoms with Gasteiger partial charge in [-0.3, -0.25) is 14.4 Å². The Morgan fingerprint density at radius 1 is 1.11 bits per heavy atom. The number of fused-ring (bicyclic) bond motifs is 2. The summed E-state index contributed by atoms with van der Waals surface area (Å²) in [6.45, 7) is 4.59. The monoisotopic (exact) mass is 358 g/mol. The van der Waals surface area contributed by atoms with Crippen molar-refractivity contribution in [1.82, 2.24) is 24.1 Å². The summed E-state index contributed by atoms with van der Waals surface area (Å²) in [6, 6.07) is 7.84. The van der Waals surface area contributed by atoms with Crippen molar-refractivity contribution in [3.05, 3.63) is 66.5 Å². The third kappa shape index (κ3) is 2.43. The molecule has 0 aliphatic carbocycles. The van der Waals surface area contributed by atoms with Crippen molar-refractivity contribution >= 4 is 17.4 Å². The van der Waals surface area contributed by atoms with Crippen LogP contribution >= 0.6 is 0 Å². The number of nitrogens with zero attached hydrogens (tertiary/aromatic N) is 6. The molecule has 0 aromatic carbocycles. The molecule has 0 radical (unpaired) electrons. The van der Waals surface area contributed by atoms with Gasteiger partial charge < -0.3 is 4.40 Å². The van der Waals surface area contributed by atoms with E-state index in [1.54, 1.807) is 23.5 Å². The highest BCUT2D eigenvalue weighted by Gasteiger charge is 2.34. The second-order valence-corrected chi connectivity index (χ2v) is 6.92. The van der Waals surface area contributed by atoms with Gasteiger partial charge in [-0.15, -0.1) is 0 Å². The molecule has 0 N–H and O–H groups in total. The molecular weight excluding hydrogens is 340 g/mol. The van der Waals surface area contributed by atoms with Gasteiger partial charge in [0.1, 0.15) is 17.2 Å². The Bertz CT molecular complexity index is 1160. The molecule has 5 heterocycles. The van der Waals surface area contributed by atoms with Gasteiger partial charge in [0.2, 0.25) is 0 Å². The summed E-state index contributed by atoms with van der Waals surface area (Å²) in [4.78, 5) is 23.8. The lowest BCUT2D eigenvalue weighted by Crippen LogP contribution is -2.43. The van der Waals surface area contributed by atoms with Crippen LogP contribution in [0.4, 0.5) is 5.82 Å². The van der Waals surface area contributed by atoms with Crippen LogP contribution in [0.15, 0.2) is 55.2 Å². The summed E-state index contributed by atoms with van der Waals surface area (Å²) in [5.41, 5.74) is 4.27. The molecule has 0 bridgehead atoms. The molecule has 4 aromatic heterocycles. The second-order valence-electron chi connectivity index (χ2n) is 6.92. The first-order valence-electron chi connectivity index (χ1n) is 8.87. The minimum Gasteiger partial charge on any atom is -0.306 e. The van der Waals surface area contributed by atoms with Gasteiger partial charge >= 0.3 is 0 Å². The fraction of sp³-hybridized carbons (Fsp3) is 0.200. The number of pyridine rings is 2. The number of amides is 1. The maximum Gasteiger partial charge on any atom is 0.278 e. The van der Waals surface area contributed by atoms with E-state index >= 15 is 0 Å². The Labute approximate surface area is 155 Å². The summed E-state index contributed by atoms with van der Waals surface area (Å²) in [5, 5.41) is 4.50. The van der Waals surface area contributed by atoms with Crippen molar-refractivity contribution in [2.24, 2.45) is 0 Å². The van der Waals surface area contributed by atoms with Crippen LogP contribution in [0.2, 0.25) is 0 Å². The Morgan fingerprint density at radius 3 is 2.81 bits per heavy atom. The minimum atomic E-state index is -0.0809. The van der Waals surface area contributed by atoms with Gasteiger partial charge in [-0.2, -0.15) is 5.10 Å². The molecule has 4 aromatic rings.